The first-order valence-corrected chi connectivity index (χ1v) is 15.7. The molecular weight excluding hydrogens is 474 g/mol. The summed E-state index contributed by atoms with van der Waals surface area (Å²) in [6, 6.07) is 8.24. The molecule has 2 aliphatic rings. The first-order chi connectivity index (χ1) is 17.0. The molecule has 0 aromatic heterocycles. The van der Waals surface area contributed by atoms with Crippen molar-refractivity contribution in [3.63, 3.8) is 0 Å². The van der Waals surface area contributed by atoms with Crippen molar-refractivity contribution < 1.29 is 28.2 Å². The Labute approximate surface area is 217 Å². The largest absolute Gasteiger partial charge is 0.493 e. The lowest BCUT2D eigenvalue weighted by atomic mass is 9.59. The van der Waals surface area contributed by atoms with Crippen LogP contribution in [0.2, 0.25) is 18.1 Å². The van der Waals surface area contributed by atoms with Crippen molar-refractivity contribution in [3.8, 4) is 17.6 Å². The van der Waals surface area contributed by atoms with Gasteiger partial charge >= 0.3 is 0 Å². The number of nitriles is 1. The molecule has 6 atom stereocenters. The number of hydrogen-bond acceptors (Lipinski definition) is 7. The zero-order valence-electron chi connectivity index (χ0n) is 23.1. The van der Waals surface area contributed by atoms with Crippen LogP contribution < -0.4 is 9.47 Å². The minimum absolute atomic E-state index is 0.0265. The molecular formula is C28H43NO6Si. The molecule has 0 spiro atoms. The predicted octanol–water partition coefficient (Wildman–Crippen LogP) is 5.55. The van der Waals surface area contributed by atoms with E-state index >= 15 is 0 Å². The molecule has 0 N–H and O–H groups in total. The highest BCUT2D eigenvalue weighted by Crippen LogP contribution is 2.63. The third-order valence-electron chi connectivity index (χ3n) is 9.05. The number of rotatable bonds is 10. The van der Waals surface area contributed by atoms with Crippen molar-refractivity contribution in [2.24, 2.45) is 23.2 Å². The van der Waals surface area contributed by atoms with E-state index in [-0.39, 0.29) is 35.7 Å². The minimum Gasteiger partial charge on any atom is -0.493 e. The number of hydrogen-bond donors (Lipinski definition) is 0. The molecule has 7 nitrogen and oxygen atoms in total. The summed E-state index contributed by atoms with van der Waals surface area (Å²) in [5.41, 5.74) is -0.0189. The molecule has 2 saturated carbocycles. The van der Waals surface area contributed by atoms with Crippen LogP contribution in [0.25, 0.3) is 0 Å². The number of methoxy groups -OCH3 is 3. The lowest BCUT2D eigenvalue weighted by Crippen LogP contribution is -2.53. The van der Waals surface area contributed by atoms with E-state index in [0.717, 1.165) is 24.7 Å². The third-order valence-corrected chi connectivity index (χ3v) is 13.6. The van der Waals surface area contributed by atoms with E-state index in [4.69, 9.17) is 23.4 Å². The second kappa shape index (κ2) is 11.2. The topological polar surface area (TPSA) is 87.0 Å². The SMILES string of the molecule is COCOc1cccc([C@H]2C[C@@H]3[C@H](CO[Si](C)(C)C(C)(C)C)CC[C@H](OC)[C@]3(C=O)[C@@H]2C#N)c1OC. The van der Waals surface area contributed by atoms with Crippen LogP contribution in [0.3, 0.4) is 0 Å². The molecule has 200 valence electrons. The highest BCUT2D eigenvalue weighted by molar-refractivity contribution is 6.74. The van der Waals surface area contributed by atoms with Crippen molar-refractivity contribution in [1.82, 2.24) is 0 Å². The molecule has 2 aliphatic carbocycles. The van der Waals surface area contributed by atoms with Crippen LogP contribution in [0.15, 0.2) is 18.2 Å². The Morgan fingerprint density at radius 1 is 1.19 bits per heavy atom. The van der Waals surface area contributed by atoms with Crippen molar-refractivity contribution >= 4 is 14.6 Å². The lowest BCUT2D eigenvalue weighted by Gasteiger charge is -2.48. The second-order valence-corrected chi connectivity index (χ2v) is 16.5. The van der Waals surface area contributed by atoms with Crippen molar-refractivity contribution in [2.45, 2.75) is 70.2 Å². The first-order valence-electron chi connectivity index (χ1n) is 12.8. The van der Waals surface area contributed by atoms with Crippen LogP contribution >= 0.6 is 0 Å². The quantitative estimate of drug-likeness (QED) is 0.228. The maximum Gasteiger partial charge on any atom is 0.191 e. The van der Waals surface area contributed by atoms with Crippen molar-refractivity contribution in [1.29, 1.82) is 5.26 Å². The standard InChI is InChI=1S/C28H43NO6Si/c1-27(2,3)36(7,8)35-16-19-12-13-25(32-5)28(17-30)22(19)14-21(23(28)15-29)20-10-9-11-24(26(20)33-6)34-18-31-4/h9-11,17,19,21-23,25H,12-14,16,18H2,1-8H3/t19-,21+,22+,23+,25-,28-/m0/s1. The summed E-state index contributed by atoms with van der Waals surface area (Å²) in [6.45, 7) is 11.9. The normalized spacial score (nSPS) is 30.4. The zero-order valence-corrected chi connectivity index (χ0v) is 24.1. The molecule has 1 aromatic carbocycles. The zero-order chi connectivity index (χ0) is 26.7. The molecule has 0 heterocycles. The maximum atomic E-state index is 13.0. The number of benzene rings is 1. The summed E-state index contributed by atoms with van der Waals surface area (Å²) in [5.74, 6) is 0.550. The van der Waals surface area contributed by atoms with Crippen LogP contribution in [-0.4, -0.2) is 55.4 Å². The Morgan fingerprint density at radius 3 is 2.47 bits per heavy atom. The molecule has 0 unspecified atom stereocenters. The average molecular weight is 518 g/mol. The number of nitrogens with zero attached hydrogens (tertiary/aromatic N) is 1. The van der Waals surface area contributed by atoms with Gasteiger partial charge in [0.15, 0.2) is 26.6 Å². The van der Waals surface area contributed by atoms with Crippen molar-refractivity contribution in [2.75, 3.05) is 34.7 Å². The molecule has 0 radical (unpaired) electrons. The van der Waals surface area contributed by atoms with Gasteiger partial charge in [-0.05, 0) is 55.3 Å². The average Bonchev–Trinajstić information content (AvgIpc) is 3.20. The van der Waals surface area contributed by atoms with Crippen LogP contribution in [-0.2, 0) is 18.7 Å². The molecule has 3 rings (SSSR count). The summed E-state index contributed by atoms with van der Waals surface area (Å²) in [4.78, 5) is 13.0. The molecule has 0 aliphatic heterocycles. The highest BCUT2D eigenvalue weighted by Gasteiger charge is 2.64. The van der Waals surface area contributed by atoms with E-state index in [2.05, 4.69) is 39.9 Å². The summed E-state index contributed by atoms with van der Waals surface area (Å²) in [5, 5.41) is 10.6. The fourth-order valence-electron chi connectivity index (χ4n) is 6.13. The van der Waals surface area contributed by atoms with Gasteiger partial charge < -0.3 is 28.2 Å². The first kappa shape index (κ1) is 28.6. The van der Waals surface area contributed by atoms with E-state index in [9.17, 15) is 10.1 Å². The van der Waals surface area contributed by atoms with Gasteiger partial charge in [-0.15, -0.1) is 0 Å². The van der Waals surface area contributed by atoms with Gasteiger partial charge in [-0.25, -0.2) is 0 Å². The van der Waals surface area contributed by atoms with Crippen LogP contribution in [0.4, 0.5) is 0 Å². The smallest absolute Gasteiger partial charge is 0.191 e. The van der Waals surface area contributed by atoms with Crippen LogP contribution in [0, 0.1) is 34.5 Å². The molecule has 8 heteroatoms. The third kappa shape index (κ3) is 4.95. The monoisotopic (exact) mass is 517 g/mol. The fraction of sp³-hybridized carbons (Fsp3) is 0.714. The number of aldehydes is 1. The molecule has 2 fully saturated rings. The number of para-hydroxylation sites is 1. The molecule has 1 aromatic rings. The van der Waals surface area contributed by atoms with E-state index in [1.807, 2.05) is 18.2 Å². The molecule has 36 heavy (non-hydrogen) atoms. The summed E-state index contributed by atoms with van der Waals surface area (Å²) in [7, 11) is 2.85. The Balaban J connectivity index is 2.04. The number of carbonyl (C=O) groups is 1. The van der Waals surface area contributed by atoms with Gasteiger partial charge in [-0.2, -0.15) is 5.26 Å². The van der Waals surface area contributed by atoms with E-state index in [1.165, 1.54) is 0 Å². The van der Waals surface area contributed by atoms with Gasteiger partial charge in [-0.3, -0.25) is 0 Å². The van der Waals surface area contributed by atoms with E-state index in [1.54, 1.807) is 21.3 Å². The fourth-order valence-corrected chi connectivity index (χ4v) is 7.19. The lowest BCUT2D eigenvalue weighted by molar-refractivity contribution is -0.143. The summed E-state index contributed by atoms with van der Waals surface area (Å²) in [6.07, 6.45) is 3.04. The number of fused-ring (bicyclic) bond motifs is 1. The molecule has 0 amide bonds. The number of ether oxygens (including phenoxy) is 4. The Bertz CT molecular complexity index is 954. The summed E-state index contributed by atoms with van der Waals surface area (Å²) >= 11 is 0. The summed E-state index contributed by atoms with van der Waals surface area (Å²) < 4.78 is 29.2. The van der Waals surface area contributed by atoms with Gasteiger partial charge in [0, 0.05) is 32.3 Å². The van der Waals surface area contributed by atoms with Gasteiger partial charge in [0.05, 0.1) is 30.6 Å². The van der Waals surface area contributed by atoms with E-state index < -0.39 is 19.7 Å². The minimum atomic E-state index is -1.97. The second-order valence-electron chi connectivity index (χ2n) is 11.7. The van der Waals surface area contributed by atoms with E-state index in [0.29, 0.717) is 24.5 Å². The van der Waals surface area contributed by atoms with Crippen LogP contribution in [0.1, 0.15) is 51.5 Å². The van der Waals surface area contributed by atoms with Gasteiger partial charge in [0.1, 0.15) is 6.29 Å². The molecule has 0 saturated heterocycles. The van der Waals surface area contributed by atoms with Crippen LogP contribution in [0.5, 0.6) is 11.5 Å². The van der Waals surface area contributed by atoms with Gasteiger partial charge in [0.25, 0.3) is 0 Å². The Morgan fingerprint density at radius 2 is 1.92 bits per heavy atom. The predicted molar refractivity (Wildman–Crippen MR) is 141 cm³/mol. The number of carbonyl (C=O) groups excluding carboxylic acids is 1. The Kier molecular flexibility index (Phi) is 8.93. The molecule has 0 bridgehead atoms. The van der Waals surface area contributed by atoms with Gasteiger partial charge in [0.2, 0.25) is 0 Å². The Hall–Kier alpha value is -1.92. The maximum absolute atomic E-state index is 13.0. The highest BCUT2D eigenvalue weighted by atomic mass is 28.4. The van der Waals surface area contributed by atoms with Crippen molar-refractivity contribution in [3.05, 3.63) is 23.8 Å². The van der Waals surface area contributed by atoms with Gasteiger partial charge in [-0.1, -0.05) is 32.9 Å².